The summed E-state index contributed by atoms with van der Waals surface area (Å²) in [6, 6.07) is 7.98. The molecule has 1 aliphatic carbocycles. The van der Waals surface area contributed by atoms with Crippen molar-refractivity contribution in [2.75, 3.05) is 5.32 Å². The summed E-state index contributed by atoms with van der Waals surface area (Å²) in [5, 5.41) is 3.18. The quantitative estimate of drug-likeness (QED) is 0.640. The predicted molar refractivity (Wildman–Crippen MR) is 121 cm³/mol. The van der Waals surface area contributed by atoms with E-state index in [1.807, 2.05) is 26.0 Å². The number of nitrogens with one attached hydrogen (secondary N) is 1. The average molecular weight is 463 g/mol. The van der Waals surface area contributed by atoms with Crippen molar-refractivity contribution in [2.45, 2.75) is 62.2 Å². The fourth-order valence-electron chi connectivity index (χ4n) is 4.68. The molecule has 2 aliphatic rings. The largest absolute Gasteiger partial charge is 0.378 e. The number of carbonyl (C=O) groups is 1. The third-order valence-corrected chi connectivity index (χ3v) is 7.56. The molecule has 1 atom stereocenters. The van der Waals surface area contributed by atoms with E-state index in [1.54, 1.807) is 6.07 Å². The number of benzene rings is 1. The molecule has 2 aromatic rings. The van der Waals surface area contributed by atoms with Gasteiger partial charge in [0.15, 0.2) is 5.17 Å². The van der Waals surface area contributed by atoms with E-state index >= 15 is 0 Å². The van der Waals surface area contributed by atoms with Crippen LogP contribution in [0, 0.1) is 12.7 Å². The van der Waals surface area contributed by atoms with Crippen LogP contribution in [0.3, 0.4) is 0 Å². The third-order valence-electron chi connectivity index (χ3n) is 6.27. The SMILES string of the molecule is Cc1ccc(NC(=O)c2ccc(F)cn2)cc1C1(C)CC2(CCC(F)(F)CC2)SC(N)=N1. The summed E-state index contributed by atoms with van der Waals surface area (Å²) in [6.45, 7) is 3.91. The van der Waals surface area contributed by atoms with Crippen LogP contribution >= 0.6 is 11.8 Å². The highest BCUT2D eigenvalue weighted by Crippen LogP contribution is 2.54. The van der Waals surface area contributed by atoms with Gasteiger partial charge in [-0.3, -0.25) is 9.79 Å². The molecule has 1 aromatic carbocycles. The summed E-state index contributed by atoms with van der Waals surface area (Å²) in [4.78, 5) is 21.0. The van der Waals surface area contributed by atoms with Crippen molar-refractivity contribution in [1.82, 2.24) is 4.98 Å². The number of amidine groups is 1. The molecule has 1 saturated carbocycles. The maximum Gasteiger partial charge on any atom is 0.274 e. The lowest BCUT2D eigenvalue weighted by atomic mass is 9.74. The standard InChI is InChI=1S/C23H25F3N4OS/c1-14-3-5-16(29-19(31)18-6-4-15(24)12-28-18)11-17(14)21(2)13-22(32-20(27)30-21)7-9-23(25,26)10-8-22/h3-6,11-12H,7-10,13H2,1-2H3,(H2,27,30)(H,29,31). The van der Waals surface area contributed by atoms with Crippen molar-refractivity contribution >= 4 is 28.5 Å². The van der Waals surface area contributed by atoms with Crippen molar-refractivity contribution in [3.05, 3.63) is 59.2 Å². The number of amides is 1. The van der Waals surface area contributed by atoms with Gasteiger partial charge in [-0.05, 0) is 68.5 Å². The average Bonchev–Trinajstić information content (AvgIpc) is 2.72. The number of pyridine rings is 1. The molecule has 1 aliphatic heterocycles. The van der Waals surface area contributed by atoms with Crippen LogP contribution in [0.15, 0.2) is 41.5 Å². The number of nitrogens with zero attached hydrogens (tertiary/aromatic N) is 2. The van der Waals surface area contributed by atoms with E-state index in [-0.39, 0.29) is 23.3 Å². The summed E-state index contributed by atoms with van der Waals surface area (Å²) < 4.78 is 40.3. The van der Waals surface area contributed by atoms with E-state index in [1.165, 1.54) is 23.9 Å². The van der Waals surface area contributed by atoms with Gasteiger partial charge in [-0.1, -0.05) is 17.8 Å². The van der Waals surface area contributed by atoms with Crippen LogP contribution < -0.4 is 11.1 Å². The molecule has 1 spiro atoms. The molecule has 32 heavy (non-hydrogen) atoms. The molecule has 0 radical (unpaired) electrons. The van der Waals surface area contributed by atoms with Gasteiger partial charge >= 0.3 is 0 Å². The number of halogens is 3. The van der Waals surface area contributed by atoms with Gasteiger partial charge in [0.1, 0.15) is 11.5 Å². The van der Waals surface area contributed by atoms with Crippen LogP contribution in [0.1, 0.15) is 60.6 Å². The fraction of sp³-hybridized carbons (Fsp3) is 0.435. The lowest BCUT2D eigenvalue weighted by molar-refractivity contribution is -0.0434. The molecule has 1 unspecified atom stereocenters. The van der Waals surface area contributed by atoms with Gasteiger partial charge in [0, 0.05) is 23.3 Å². The van der Waals surface area contributed by atoms with Crippen LogP contribution in [0.4, 0.5) is 18.9 Å². The number of aliphatic imine (C=N–C) groups is 1. The van der Waals surface area contributed by atoms with E-state index < -0.39 is 23.2 Å². The molecule has 0 saturated heterocycles. The van der Waals surface area contributed by atoms with Crippen LogP contribution in [0.2, 0.25) is 0 Å². The first kappa shape index (κ1) is 22.6. The maximum absolute atomic E-state index is 13.8. The van der Waals surface area contributed by atoms with Gasteiger partial charge in [-0.25, -0.2) is 18.2 Å². The monoisotopic (exact) mass is 462 g/mol. The molecular weight excluding hydrogens is 437 g/mol. The minimum atomic E-state index is -2.62. The summed E-state index contributed by atoms with van der Waals surface area (Å²) in [7, 11) is 0. The molecule has 3 N–H and O–H groups in total. The highest BCUT2D eigenvalue weighted by molar-refractivity contribution is 8.15. The minimum absolute atomic E-state index is 0.0955. The zero-order valence-corrected chi connectivity index (χ0v) is 18.7. The molecule has 0 bridgehead atoms. The van der Waals surface area contributed by atoms with Crippen LogP contribution in [-0.4, -0.2) is 26.7 Å². The Morgan fingerprint density at radius 2 is 1.88 bits per heavy atom. The minimum Gasteiger partial charge on any atom is -0.378 e. The Labute approximate surface area is 189 Å². The number of nitrogens with two attached hydrogens (primary N) is 1. The number of hydrogen-bond donors (Lipinski definition) is 2. The van der Waals surface area contributed by atoms with Gasteiger partial charge in [-0.2, -0.15) is 0 Å². The Kier molecular flexibility index (Phi) is 5.73. The van der Waals surface area contributed by atoms with Crippen molar-refractivity contribution in [1.29, 1.82) is 0 Å². The number of alkyl halides is 2. The smallest absolute Gasteiger partial charge is 0.274 e. The Morgan fingerprint density at radius 1 is 1.16 bits per heavy atom. The molecule has 1 amide bonds. The van der Waals surface area contributed by atoms with Gasteiger partial charge < -0.3 is 11.1 Å². The number of rotatable bonds is 3. The molecule has 5 nitrogen and oxygen atoms in total. The molecule has 4 rings (SSSR count). The number of aryl methyl sites for hydroxylation is 1. The van der Waals surface area contributed by atoms with E-state index in [4.69, 9.17) is 10.7 Å². The second-order valence-corrected chi connectivity index (χ2v) is 10.4. The van der Waals surface area contributed by atoms with Crippen molar-refractivity contribution in [3.8, 4) is 0 Å². The molecule has 1 aromatic heterocycles. The second kappa shape index (κ2) is 8.10. The number of carbonyl (C=O) groups excluding carboxylic acids is 1. The molecular formula is C23H25F3N4OS. The van der Waals surface area contributed by atoms with Gasteiger partial charge in [0.05, 0.1) is 11.7 Å². The summed E-state index contributed by atoms with van der Waals surface area (Å²) in [5.41, 5.74) is 7.96. The Bertz CT molecular complexity index is 1060. The highest BCUT2D eigenvalue weighted by atomic mass is 32.2. The number of thioether (sulfide) groups is 1. The lowest BCUT2D eigenvalue weighted by Gasteiger charge is -2.47. The van der Waals surface area contributed by atoms with Crippen molar-refractivity contribution in [3.63, 3.8) is 0 Å². The topological polar surface area (TPSA) is 80.4 Å². The highest BCUT2D eigenvalue weighted by Gasteiger charge is 2.50. The van der Waals surface area contributed by atoms with E-state index in [9.17, 15) is 18.0 Å². The Hall–Kier alpha value is -2.55. The van der Waals surface area contributed by atoms with Crippen LogP contribution in [-0.2, 0) is 5.54 Å². The normalized spacial score (nSPS) is 24.1. The Balaban J connectivity index is 1.61. The predicted octanol–water partition coefficient (Wildman–Crippen LogP) is 5.40. The maximum atomic E-state index is 13.8. The summed E-state index contributed by atoms with van der Waals surface area (Å²) in [5.74, 6) is -3.61. The van der Waals surface area contributed by atoms with Crippen LogP contribution in [0.5, 0.6) is 0 Å². The van der Waals surface area contributed by atoms with Crippen molar-refractivity contribution < 1.29 is 18.0 Å². The van der Waals surface area contributed by atoms with Gasteiger partial charge in [-0.15, -0.1) is 0 Å². The zero-order valence-electron chi connectivity index (χ0n) is 17.9. The van der Waals surface area contributed by atoms with E-state index in [0.29, 0.717) is 30.1 Å². The third kappa shape index (κ3) is 4.62. The van der Waals surface area contributed by atoms with E-state index in [2.05, 4.69) is 10.3 Å². The fourth-order valence-corrected chi connectivity index (χ4v) is 6.13. The van der Waals surface area contributed by atoms with Gasteiger partial charge in [0.25, 0.3) is 5.91 Å². The zero-order chi connectivity index (χ0) is 23.1. The van der Waals surface area contributed by atoms with Crippen molar-refractivity contribution in [2.24, 2.45) is 10.7 Å². The van der Waals surface area contributed by atoms with Gasteiger partial charge in [0.2, 0.25) is 5.92 Å². The number of aromatic nitrogens is 1. The lowest BCUT2D eigenvalue weighted by Crippen LogP contribution is -2.46. The molecule has 2 heterocycles. The first-order valence-corrected chi connectivity index (χ1v) is 11.3. The Morgan fingerprint density at radius 3 is 2.53 bits per heavy atom. The first-order valence-electron chi connectivity index (χ1n) is 10.5. The molecule has 1 fully saturated rings. The second-order valence-electron chi connectivity index (χ2n) is 8.89. The summed E-state index contributed by atoms with van der Waals surface area (Å²) >= 11 is 1.41. The first-order chi connectivity index (χ1) is 15.0. The summed E-state index contributed by atoms with van der Waals surface area (Å²) in [6.07, 6.45) is 2.02. The number of hydrogen-bond acceptors (Lipinski definition) is 5. The molecule has 9 heteroatoms. The number of anilines is 1. The van der Waals surface area contributed by atoms with E-state index in [0.717, 1.165) is 17.3 Å². The van der Waals surface area contributed by atoms with Crippen LogP contribution in [0.25, 0.3) is 0 Å². The molecule has 170 valence electrons.